The third kappa shape index (κ3) is 1.34. The van der Waals surface area contributed by atoms with Crippen molar-refractivity contribution in [2.45, 2.75) is 19.4 Å². The molecule has 2 heterocycles. The van der Waals surface area contributed by atoms with Gasteiger partial charge in [0.05, 0.1) is 0 Å². The Morgan fingerprint density at radius 1 is 1.46 bits per heavy atom. The molecule has 2 fully saturated rings. The van der Waals surface area contributed by atoms with E-state index < -0.39 is 5.60 Å². The summed E-state index contributed by atoms with van der Waals surface area (Å²) in [5.74, 6) is -0.148. The molecule has 1 amide bonds. The lowest BCUT2D eigenvalue weighted by molar-refractivity contribution is -0.163. The smallest absolute Gasteiger partial charge is 0.253 e. The van der Waals surface area contributed by atoms with Crippen LogP contribution in [-0.4, -0.2) is 47.7 Å². The van der Waals surface area contributed by atoms with Crippen molar-refractivity contribution in [3.05, 3.63) is 0 Å². The molecule has 0 aromatic rings. The topological polar surface area (TPSA) is 52.6 Å². The molecule has 74 valence electrons. The highest BCUT2D eigenvalue weighted by molar-refractivity contribution is 5.85. The zero-order valence-electron chi connectivity index (χ0n) is 8.13. The standard InChI is InChI=1S/C9H16N2O2/c1-8(2,13)7(12)11-5-9(6-11)3-10-4-9/h10,13H,3-6H2,1-2H3. The highest BCUT2D eigenvalue weighted by Crippen LogP contribution is 2.35. The van der Waals surface area contributed by atoms with Crippen LogP contribution >= 0.6 is 0 Å². The molecular formula is C9H16N2O2. The number of aliphatic hydroxyl groups is 1. The largest absolute Gasteiger partial charge is 0.381 e. The van der Waals surface area contributed by atoms with E-state index >= 15 is 0 Å². The zero-order valence-corrected chi connectivity index (χ0v) is 8.13. The van der Waals surface area contributed by atoms with Crippen molar-refractivity contribution in [2.24, 2.45) is 5.41 Å². The second-order valence-corrected chi connectivity index (χ2v) is 4.82. The fourth-order valence-electron chi connectivity index (χ4n) is 2.00. The molecule has 2 saturated heterocycles. The minimum Gasteiger partial charge on any atom is -0.381 e. The van der Waals surface area contributed by atoms with Crippen molar-refractivity contribution >= 4 is 5.91 Å². The highest BCUT2D eigenvalue weighted by Gasteiger charge is 2.51. The van der Waals surface area contributed by atoms with Crippen molar-refractivity contribution in [3.63, 3.8) is 0 Å². The highest BCUT2D eigenvalue weighted by atomic mass is 16.3. The number of carbonyl (C=O) groups excluding carboxylic acids is 1. The lowest BCUT2D eigenvalue weighted by Gasteiger charge is -2.56. The van der Waals surface area contributed by atoms with Gasteiger partial charge in [0.25, 0.3) is 5.91 Å². The fourth-order valence-corrected chi connectivity index (χ4v) is 2.00. The van der Waals surface area contributed by atoms with Crippen LogP contribution in [0.25, 0.3) is 0 Å². The van der Waals surface area contributed by atoms with Gasteiger partial charge in [-0.2, -0.15) is 0 Å². The van der Waals surface area contributed by atoms with E-state index in [2.05, 4.69) is 5.32 Å². The molecule has 4 heteroatoms. The quantitative estimate of drug-likeness (QED) is 0.560. The third-order valence-electron chi connectivity index (χ3n) is 2.86. The minimum absolute atomic E-state index is 0.148. The van der Waals surface area contributed by atoms with Crippen molar-refractivity contribution < 1.29 is 9.90 Å². The Labute approximate surface area is 77.9 Å². The van der Waals surface area contributed by atoms with E-state index in [0.717, 1.165) is 26.2 Å². The maximum atomic E-state index is 11.5. The summed E-state index contributed by atoms with van der Waals surface area (Å²) in [6, 6.07) is 0. The Morgan fingerprint density at radius 3 is 2.31 bits per heavy atom. The van der Waals surface area contributed by atoms with E-state index in [1.165, 1.54) is 0 Å². The van der Waals surface area contributed by atoms with Gasteiger partial charge in [0.15, 0.2) is 0 Å². The Morgan fingerprint density at radius 2 is 2.00 bits per heavy atom. The fraction of sp³-hybridized carbons (Fsp3) is 0.889. The Kier molecular flexibility index (Phi) is 1.69. The maximum Gasteiger partial charge on any atom is 0.253 e. The molecule has 2 rings (SSSR count). The lowest BCUT2D eigenvalue weighted by atomic mass is 9.74. The van der Waals surface area contributed by atoms with Gasteiger partial charge >= 0.3 is 0 Å². The first-order chi connectivity index (χ1) is 5.93. The summed E-state index contributed by atoms with van der Waals surface area (Å²) in [5.41, 5.74) is -0.861. The lowest BCUT2D eigenvalue weighted by Crippen LogP contribution is -2.73. The number of hydrogen-bond acceptors (Lipinski definition) is 3. The van der Waals surface area contributed by atoms with Gasteiger partial charge in [-0.25, -0.2) is 0 Å². The van der Waals surface area contributed by atoms with Crippen molar-refractivity contribution in [1.29, 1.82) is 0 Å². The van der Waals surface area contributed by atoms with Gasteiger partial charge in [-0.05, 0) is 13.8 Å². The van der Waals surface area contributed by atoms with E-state index in [9.17, 15) is 9.90 Å². The summed E-state index contributed by atoms with van der Waals surface area (Å²) in [5, 5.41) is 12.7. The van der Waals surface area contributed by atoms with Gasteiger partial charge in [0.1, 0.15) is 5.60 Å². The predicted molar refractivity (Wildman–Crippen MR) is 48.2 cm³/mol. The van der Waals surface area contributed by atoms with Crippen molar-refractivity contribution in [1.82, 2.24) is 10.2 Å². The first kappa shape index (κ1) is 8.97. The normalized spacial score (nSPS) is 25.3. The Bertz CT molecular complexity index is 232. The van der Waals surface area contributed by atoms with Gasteiger partial charge in [-0.1, -0.05) is 0 Å². The molecule has 4 nitrogen and oxygen atoms in total. The summed E-state index contributed by atoms with van der Waals surface area (Å²) in [4.78, 5) is 13.3. The molecule has 0 aromatic heterocycles. The molecule has 0 aromatic carbocycles. The molecule has 2 aliphatic heterocycles. The van der Waals surface area contributed by atoms with Crippen LogP contribution in [0.1, 0.15) is 13.8 Å². The molecule has 0 atom stereocenters. The predicted octanol–water partition coefficient (Wildman–Crippen LogP) is -0.811. The van der Waals surface area contributed by atoms with Crippen LogP contribution in [0.5, 0.6) is 0 Å². The van der Waals surface area contributed by atoms with E-state index in [0.29, 0.717) is 5.41 Å². The third-order valence-corrected chi connectivity index (χ3v) is 2.86. The summed E-state index contributed by atoms with van der Waals surface area (Å²) in [7, 11) is 0. The summed E-state index contributed by atoms with van der Waals surface area (Å²) >= 11 is 0. The maximum absolute atomic E-state index is 11.5. The summed E-state index contributed by atoms with van der Waals surface area (Å²) in [6.45, 7) is 6.73. The number of carbonyl (C=O) groups is 1. The van der Waals surface area contributed by atoms with E-state index in [4.69, 9.17) is 0 Å². The molecule has 1 spiro atoms. The summed E-state index contributed by atoms with van der Waals surface area (Å²) < 4.78 is 0. The van der Waals surface area contributed by atoms with Crippen LogP contribution in [0.15, 0.2) is 0 Å². The minimum atomic E-state index is -1.21. The molecule has 13 heavy (non-hydrogen) atoms. The average molecular weight is 184 g/mol. The number of hydrogen-bond donors (Lipinski definition) is 2. The SMILES string of the molecule is CC(C)(O)C(=O)N1CC2(CNC2)C1. The van der Waals surface area contributed by atoms with Gasteiger partial charge in [0.2, 0.25) is 0 Å². The molecule has 0 bridgehead atoms. The molecular weight excluding hydrogens is 168 g/mol. The first-order valence-electron chi connectivity index (χ1n) is 4.66. The van der Waals surface area contributed by atoms with Crippen LogP contribution in [0, 0.1) is 5.41 Å². The van der Waals surface area contributed by atoms with E-state index in [1.54, 1.807) is 18.7 Å². The molecule has 2 N–H and O–H groups in total. The number of likely N-dealkylation sites (tertiary alicyclic amines) is 1. The molecule has 2 aliphatic rings. The van der Waals surface area contributed by atoms with Crippen LogP contribution in [0.4, 0.5) is 0 Å². The van der Waals surface area contributed by atoms with Crippen LogP contribution in [-0.2, 0) is 4.79 Å². The monoisotopic (exact) mass is 184 g/mol. The zero-order chi connectivity index (χ0) is 9.69. The Balaban J connectivity index is 1.89. The Hall–Kier alpha value is -0.610. The second-order valence-electron chi connectivity index (χ2n) is 4.82. The van der Waals surface area contributed by atoms with E-state index in [1.807, 2.05) is 0 Å². The van der Waals surface area contributed by atoms with E-state index in [-0.39, 0.29) is 5.91 Å². The summed E-state index contributed by atoms with van der Waals surface area (Å²) in [6.07, 6.45) is 0. The van der Waals surface area contributed by atoms with Crippen LogP contribution in [0.3, 0.4) is 0 Å². The number of amides is 1. The van der Waals surface area contributed by atoms with Gasteiger partial charge in [-0.3, -0.25) is 4.79 Å². The van der Waals surface area contributed by atoms with Crippen molar-refractivity contribution in [3.8, 4) is 0 Å². The van der Waals surface area contributed by atoms with Gasteiger partial charge < -0.3 is 15.3 Å². The van der Waals surface area contributed by atoms with Crippen molar-refractivity contribution in [2.75, 3.05) is 26.2 Å². The molecule has 0 radical (unpaired) electrons. The first-order valence-corrected chi connectivity index (χ1v) is 4.66. The van der Waals surface area contributed by atoms with Gasteiger partial charge in [-0.15, -0.1) is 0 Å². The second kappa shape index (κ2) is 2.45. The number of nitrogens with one attached hydrogen (secondary N) is 1. The van der Waals surface area contributed by atoms with Gasteiger partial charge in [0, 0.05) is 31.6 Å². The molecule has 0 saturated carbocycles. The van der Waals surface area contributed by atoms with Crippen LogP contribution < -0.4 is 5.32 Å². The van der Waals surface area contributed by atoms with Crippen LogP contribution in [0.2, 0.25) is 0 Å². The number of rotatable bonds is 1. The molecule has 0 unspecified atom stereocenters. The average Bonchev–Trinajstić information content (AvgIpc) is 1.78. The molecule has 0 aliphatic carbocycles. The number of nitrogens with zero attached hydrogens (tertiary/aromatic N) is 1.